The number of nitrogens with zero attached hydrogens (tertiary/aromatic N) is 3. The molecule has 3 rings (SSSR count). The Labute approximate surface area is 145 Å². The molecule has 2 N–H and O–H groups in total. The Morgan fingerprint density at radius 1 is 1.46 bits per heavy atom. The molecule has 24 heavy (non-hydrogen) atoms. The van der Waals surface area contributed by atoms with Crippen molar-refractivity contribution in [3.05, 3.63) is 22.8 Å². The van der Waals surface area contributed by atoms with E-state index >= 15 is 0 Å². The number of nitrogens with one attached hydrogen (secondary N) is 2. The number of aromatic nitrogens is 3. The lowest BCUT2D eigenvalue weighted by Gasteiger charge is -2.20. The average molecular weight is 349 g/mol. The second-order valence-corrected chi connectivity index (χ2v) is 7.40. The van der Waals surface area contributed by atoms with Gasteiger partial charge in [0.25, 0.3) is 0 Å². The first-order valence-corrected chi connectivity index (χ1v) is 9.22. The van der Waals surface area contributed by atoms with Gasteiger partial charge >= 0.3 is 0 Å². The van der Waals surface area contributed by atoms with Crippen LogP contribution in [0, 0.1) is 0 Å². The minimum absolute atomic E-state index is 0.0782. The van der Waals surface area contributed by atoms with E-state index in [1.54, 1.807) is 11.3 Å². The number of thiazole rings is 1. The molecule has 2 aromatic heterocycles. The Morgan fingerprint density at radius 2 is 2.25 bits per heavy atom. The SMILES string of the molecule is CC(C)c1noc(CCC(=O)Nc2ncc(C3CCNCC3)s2)n1. The van der Waals surface area contributed by atoms with Crippen LogP contribution in [-0.2, 0) is 11.2 Å². The van der Waals surface area contributed by atoms with Crippen molar-refractivity contribution in [1.82, 2.24) is 20.4 Å². The van der Waals surface area contributed by atoms with Crippen LogP contribution >= 0.6 is 11.3 Å². The number of anilines is 1. The van der Waals surface area contributed by atoms with E-state index in [9.17, 15) is 4.79 Å². The van der Waals surface area contributed by atoms with Gasteiger partial charge in [-0.25, -0.2) is 4.98 Å². The van der Waals surface area contributed by atoms with E-state index in [0.717, 1.165) is 25.9 Å². The number of carbonyl (C=O) groups is 1. The van der Waals surface area contributed by atoms with Crippen LogP contribution in [0.3, 0.4) is 0 Å². The maximum absolute atomic E-state index is 12.1. The van der Waals surface area contributed by atoms with Crippen LogP contribution in [0.2, 0.25) is 0 Å². The van der Waals surface area contributed by atoms with E-state index in [0.29, 0.717) is 35.6 Å². The predicted molar refractivity (Wildman–Crippen MR) is 92.3 cm³/mol. The van der Waals surface area contributed by atoms with Crippen LogP contribution in [0.4, 0.5) is 5.13 Å². The summed E-state index contributed by atoms with van der Waals surface area (Å²) in [6.07, 6.45) is 4.90. The molecule has 0 spiro atoms. The highest BCUT2D eigenvalue weighted by Crippen LogP contribution is 2.31. The molecule has 1 amide bonds. The molecule has 1 fully saturated rings. The molecular formula is C16H23N5O2S. The summed E-state index contributed by atoms with van der Waals surface area (Å²) in [4.78, 5) is 21.9. The van der Waals surface area contributed by atoms with Gasteiger partial charge in [0.15, 0.2) is 11.0 Å². The van der Waals surface area contributed by atoms with E-state index < -0.39 is 0 Å². The van der Waals surface area contributed by atoms with Crippen molar-refractivity contribution in [2.75, 3.05) is 18.4 Å². The highest BCUT2D eigenvalue weighted by Gasteiger charge is 2.18. The van der Waals surface area contributed by atoms with E-state index in [1.807, 2.05) is 20.0 Å². The molecule has 0 unspecified atom stereocenters. The van der Waals surface area contributed by atoms with Crippen molar-refractivity contribution in [3.63, 3.8) is 0 Å². The normalized spacial score (nSPS) is 15.8. The van der Waals surface area contributed by atoms with Crippen molar-refractivity contribution in [3.8, 4) is 0 Å². The monoisotopic (exact) mass is 349 g/mol. The van der Waals surface area contributed by atoms with Gasteiger partial charge < -0.3 is 15.2 Å². The third-order valence-electron chi connectivity index (χ3n) is 4.08. The summed E-state index contributed by atoms with van der Waals surface area (Å²) in [5.41, 5.74) is 0. The van der Waals surface area contributed by atoms with Gasteiger partial charge in [0.05, 0.1) is 0 Å². The molecule has 1 aliphatic heterocycles. The number of aryl methyl sites for hydroxylation is 1. The van der Waals surface area contributed by atoms with Crippen LogP contribution in [0.15, 0.2) is 10.7 Å². The maximum Gasteiger partial charge on any atom is 0.227 e. The fraction of sp³-hybridized carbons (Fsp3) is 0.625. The smallest absolute Gasteiger partial charge is 0.227 e. The third kappa shape index (κ3) is 4.39. The highest BCUT2D eigenvalue weighted by molar-refractivity contribution is 7.15. The summed E-state index contributed by atoms with van der Waals surface area (Å²) in [6, 6.07) is 0. The zero-order valence-corrected chi connectivity index (χ0v) is 14.9. The highest BCUT2D eigenvalue weighted by atomic mass is 32.1. The largest absolute Gasteiger partial charge is 0.339 e. The number of hydrogen-bond acceptors (Lipinski definition) is 7. The van der Waals surface area contributed by atoms with Crippen LogP contribution in [0.1, 0.15) is 61.5 Å². The number of piperidine rings is 1. The standard InChI is InChI=1S/C16H23N5O2S/c1-10(2)15-20-14(23-21-15)4-3-13(22)19-16-18-9-12(24-16)11-5-7-17-8-6-11/h9-11,17H,3-8H2,1-2H3,(H,18,19,22). The molecule has 2 aromatic rings. The molecule has 1 saturated heterocycles. The van der Waals surface area contributed by atoms with Crippen LogP contribution in [0.25, 0.3) is 0 Å². The number of carbonyl (C=O) groups excluding carboxylic acids is 1. The maximum atomic E-state index is 12.1. The minimum atomic E-state index is -0.0782. The average Bonchev–Trinajstić information content (AvgIpc) is 3.23. The van der Waals surface area contributed by atoms with Crippen molar-refractivity contribution in [2.45, 2.75) is 51.4 Å². The van der Waals surface area contributed by atoms with E-state index in [4.69, 9.17) is 4.52 Å². The van der Waals surface area contributed by atoms with Crippen molar-refractivity contribution < 1.29 is 9.32 Å². The molecule has 1 aliphatic rings. The molecular weight excluding hydrogens is 326 g/mol. The fourth-order valence-corrected chi connectivity index (χ4v) is 3.65. The first-order chi connectivity index (χ1) is 11.6. The Balaban J connectivity index is 1.48. The topological polar surface area (TPSA) is 92.9 Å². The zero-order valence-electron chi connectivity index (χ0n) is 14.0. The first kappa shape index (κ1) is 17.0. The lowest BCUT2D eigenvalue weighted by Crippen LogP contribution is -2.26. The fourth-order valence-electron chi connectivity index (χ4n) is 2.65. The minimum Gasteiger partial charge on any atom is -0.339 e. The number of amides is 1. The molecule has 0 bridgehead atoms. The van der Waals surface area contributed by atoms with Crippen molar-refractivity contribution >= 4 is 22.4 Å². The molecule has 3 heterocycles. The van der Waals surface area contributed by atoms with Gasteiger partial charge in [-0.1, -0.05) is 19.0 Å². The van der Waals surface area contributed by atoms with E-state index in [2.05, 4.69) is 25.8 Å². The third-order valence-corrected chi connectivity index (χ3v) is 5.15. The molecule has 0 radical (unpaired) electrons. The Kier molecular flexibility index (Phi) is 5.57. The van der Waals surface area contributed by atoms with Gasteiger partial charge in [0.2, 0.25) is 11.8 Å². The predicted octanol–water partition coefficient (Wildman–Crippen LogP) is 2.69. The second kappa shape index (κ2) is 7.85. The van der Waals surface area contributed by atoms with Gasteiger partial charge in [0, 0.05) is 29.8 Å². The van der Waals surface area contributed by atoms with Gasteiger partial charge in [-0.3, -0.25) is 4.79 Å². The van der Waals surface area contributed by atoms with Gasteiger partial charge in [-0.15, -0.1) is 11.3 Å². The summed E-state index contributed by atoms with van der Waals surface area (Å²) in [5.74, 6) is 1.88. The number of rotatable bonds is 6. The van der Waals surface area contributed by atoms with Crippen molar-refractivity contribution in [1.29, 1.82) is 0 Å². The summed E-state index contributed by atoms with van der Waals surface area (Å²) >= 11 is 1.58. The lowest BCUT2D eigenvalue weighted by molar-refractivity contribution is -0.116. The van der Waals surface area contributed by atoms with Gasteiger partial charge in [-0.2, -0.15) is 4.98 Å². The van der Waals surface area contributed by atoms with Crippen LogP contribution in [0.5, 0.6) is 0 Å². The summed E-state index contributed by atoms with van der Waals surface area (Å²) in [6.45, 7) is 6.10. The second-order valence-electron chi connectivity index (χ2n) is 6.34. The quantitative estimate of drug-likeness (QED) is 0.833. The van der Waals surface area contributed by atoms with Crippen molar-refractivity contribution in [2.24, 2.45) is 0 Å². The summed E-state index contributed by atoms with van der Waals surface area (Å²) in [5, 5.41) is 10.8. The molecule has 0 aliphatic carbocycles. The van der Waals surface area contributed by atoms with Crippen LogP contribution < -0.4 is 10.6 Å². The Bertz CT molecular complexity index is 676. The Morgan fingerprint density at radius 3 is 2.96 bits per heavy atom. The lowest BCUT2D eigenvalue weighted by atomic mass is 9.97. The van der Waals surface area contributed by atoms with Gasteiger partial charge in [0.1, 0.15) is 0 Å². The molecule has 0 atom stereocenters. The molecule has 0 aromatic carbocycles. The zero-order chi connectivity index (χ0) is 16.9. The number of hydrogen-bond donors (Lipinski definition) is 2. The molecule has 7 nitrogen and oxygen atoms in total. The van der Waals surface area contributed by atoms with E-state index in [-0.39, 0.29) is 11.8 Å². The van der Waals surface area contributed by atoms with Gasteiger partial charge in [-0.05, 0) is 31.8 Å². The molecule has 130 valence electrons. The Hall–Kier alpha value is -1.80. The molecule has 8 heteroatoms. The first-order valence-electron chi connectivity index (χ1n) is 8.40. The summed E-state index contributed by atoms with van der Waals surface area (Å²) in [7, 11) is 0. The molecule has 0 saturated carbocycles. The summed E-state index contributed by atoms with van der Waals surface area (Å²) < 4.78 is 5.15. The van der Waals surface area contributed by atoms with Crippen LogP contribution in [-0.4, -0.2) is 34.1 Å². The van der Waals surface area contributed by atoms with E-state index in [1.165, 1.54) is 4.88 Å².